The second kappa shape index (κ2) is 9.38. The van der Waals surface area contributed by atoms with Gasteiger partial charge in [0.25, 0.3) is 0 Å². The van der Waals surface area contributed by atoms with Gasteiger partial charge in [0.05, 0.1) is 18.0 Å². The van der Waals surface area contributed by atoms with Crippen LogP contribution >= 0.6 is 15.9 Å². The number of carbonyl (C=O) groups is 2. The minimum absolute atomic E-state index is 0.00682. The topological polar surface area (TPSA) is 128 Å². The van der Waals surface area contributed by atoms with E-state index in [0.29, 0.717) is 39.4 Å². The number of anilines is 2. The van der Waals surface area contributed by atoms with E-state index in [1.54, 1.807) is 30.2 Å². The molecule has 0 unspecified atom stereocenters. The number of hydrogen-bond acceptors (Lipinski definition) is 7. The minimum atomic E-state index is -0.595. The Bertz CT molecular complexity index is 1500. The van der Waals surface area contributed by atoms with Crippen LogP contribution in [0.25, 0.3) is 21.9 Å². The first kappa shape index (κ1) is 24.0. The van der Waals surface area contributed by atoms with Crippen molar-refractivity contribution < 1.29 is 14.3 Å². The number of likely N-dealkylation sites (tertiary alicyclic amines) is 1. The predicted octanol–water partition coefficient (Wildman–Crippen LogP) is 3.66. The summed E-state index contributed by atoms with van der Waals surface area (Å²) in [6.07, 6.45) is 2.70. The van der Waals surface area contributed by atoms with Gasteiger partial charge in [0.15, 0.2) is 0 Å². The second-order valence-electron chi connectivity index (χ2n) is 8.96. The zero-order valence-corrected chi connectivity index (χ0v) is 21.7. The maximum Gasteiger partial charge on any atom is 0.248 e. The van der Waals surface area contributed by atoms with Crippen LogP contribution in [-0.4, -0.2) is 55.4 Å². The van der Waals surface area contributed by atoms with Crippen LogP contribution in [0.3, 0.4) is 0 Å². The molecule has 2 amide bonds. The molecule has 1 aliphatic heterocycles. The van der Waals surface area contributed by atoms with Crippen molar-refractivity contribution in [2.75, 3.05) is 18.2 Å². The summed E-state index contributed by atoms with van der Waals surface area (Å²) in [6, 6.07) is 8.39. The molecule has 0 spiro atoms. The summed E-state index contributed by atoms with van der Waals surface area (Å²) in [4.78, 5) is 41.5. The molecule has 10 nitrogen and oxygen atoms in total. The molecule has 0 aliphatic carbocycles. The Morgan fingerprint density at radius 2 is 2.06 bits per heavy atom. The molecule has 1 aliphatic rings. The van der Waals surface area contributed by atoms with Gasteiger partial charge in [-0.25, -0.2) is 15.0 Å². The van der Waals surface area contributed by atoms with Crippen LogP contribution in [0.1, 0.15) is 25.3 Å². The number of amides is 2. The smallest absolute Gasteiger partial charge is 0.248 e. The molecule has 3 N–H and O–H groups in total. The van der Waals surface area contributed by atoms with Gasteiger partial charge in [-0.1, -0.05) is 6.07 Å². The number of nitrogens with one attached hydrogen (secondary N) is 1. The fraction of sp³-hybridized carbons (Fsp3) is 0.320. The maximum absolute atomic E-state index is 13.8. The van der Waals surface area contributed by atoms with Gasteiger partial charge >= 0.3 is 0 Å². The molecule has 1 aromatic carbocycles. The number of methoxy groups -OCH3 is 1. The van der Waals surface area contributed by atoms with E-state index in [4.69, 9.17) is 10.5 Å². The number of nitrogens with zero attached hydrogens (tertiary/aromatic N) is 5. The molecule has 2 atom stereocenters. The van der Waals surface area contributed by atoms with E-state index in [-0.39, 0.29) is 24.4 Å². The van der Waals surface area contributed by atoms with Gasteiger partial charge in [-0.2, -0.15) is 0 Å². The quantitative estimate of drug-likeness (QED) is 0.362. The van der Waals surface area contributed by atoms with Crippen molar-refractivity contribution in [1.29, 1.82) is 0 Å². The fourth-order valence-corrected chi connectivity index (χ4v) is 5.43. The third-order valence-electron chi connectivity index (χ3n) is 6.68. The molecule has 5 rings (SSSR count). The molecule has 3 aromatic heterocycles. The van der Waals surface area contributed by atoms with Crippen molar-refractivity contribution in [3.05, 3.63) is 46.8 Å². The van der Waals surface area contributed by atoms with Crippen LogP contribution in [0.15, 0.2) is 41.3 Å². The number of carbonyl (C=O) groups excluding carboxylic acids is 2. The summed E-state index contributed by atoms with van der Waals surface area (Å²) < 4.78 is 7.93. The highest BCUT2D eigenvalue weighted by Gasteiger charge is 2.39. The first-order chi connectivity index (χ1) is 17.3. The first-order valence-electron chi connectivity index (χ1n) is 11.6. The summed E-state index contributed by atoms with van der Waals surface area (Å²) in [5, 5.41) is 4.34. The molecule has 4 heterocycles. The molecule has 4 aromatic rings. The number of aromatic nitrogens is 4. The number of hydrogen-bond donors (Lipinski definition) is 2. The minimum Gasteiger partial charge on any atom is -0.497 e. The van der Waals surface area contributed by atoms with Crippen LogP contribution < -0.4 is 15.8 Å². The molecule has 11 heteroatoms. The normalized spacial score (nSPS) is 17.6. The summed E-state index contributed by atoms with van der Waals surface area (Å²) in [5.74, 6) is 1.01. The molecule has 36 heavy (non-hydrogen) atoms. The zero-order chi connectivity index (χ0) is 25.6. The third kappa shape index (κ3) is 4.13. The Balaban J connectivity index is 1.51. The number of pyridine rings is 1. The van der Waals surface area contributed by atoms with Crippen molar-refractivity contribution in [1.82, 2.24) is 24.4 Å². The molecule has 186 valence electrons. The Kier molecular flexibility index (Phi) is 6.25. The number of benzene rings is 1. The monoisotopic (exact) mass is 551 g/mol. The third-order valence-corrected chi connectivity index (χ3v) is 7.12. The Labute approximate surface area is 216 Å². The van der Waals surface area contributed by atoms with Crippen LogP contribution in [0.2, 0.25) is 0 Å². The highest BCUT2D eigenvalue weighted by atomic mass is 79.9. The molecule has 0 saturated carbocycles. The van der Waals surface area contributed by atoms with Crippen LogP contribution in [0.4, 0.5) is 11.6 Å². The SMILES string of the molecule is COc1cc(C)c2c(c1)c1c(N)ncnc1n2CC(=O)N1[C@H](C)CC[C@H]1C(=O)Nc1cccc(Br)n1. The lowest BCUT2D eigenvalue weighted by Crippen LogP contribution is -2.47. The second-order valence-corrected chi connectivity index (χ2v) is 9.77. The highest BCUT2D eigenvalue weighted by Crippen LogP contribution is 2.36. The average molecular weight is 552 g/mol. The number of fused-ring (bicyclic) bond motifs is 3. The van der Waals surface area contributed by atoms with E-state index in [1.165, 1.54) is 6.33 Å². The lowest BCUT2D eigenvalue weighted by molar-refractivity contribution is -0.138. The van der Waals surface area contributed by atoms with Crippen molar-refractivity contribution in [2.24, 2.45) is 0 Å². The standard InChI is InChI=1S/C25H26BrN7O3/c1-13-9-15(36-3)10-16-21-23(27)28-12-29-24(21)32(22(13)16)11-20(34)33-14(2)7-8-17(33)25(35)31-19-6-4-5-18(26)30-19/h4-6,9-10,12,14,17H,7-8,11H2,1-3H3,(H2,27,28,29)(H,30,31,35)/t14-,17+/m1/s1. The van der Waals surface area contributed by atoms with Gasteiger partial charge in [-0.15, -0.1) is 0 Å². The van der Waals surface area contributed by atoms with Crippen LogP contribution in [0, 0.1) is 6.92 Å². The summed E-state index contributed by atoms with van der Waals surface area (Å²) in [7, 11) is 1.60. The number of ether oxygens (including phenoxy) is 1. The number of nitrogens with two attached hydrogens (primary N) is 1. The molecule has 1 saturated heterocycles. The molecule has 1 fully saturated rings. The highest BCUT2D eigenvalue weighted by molar-refractivity contribution is 9.10. The Hall–Kier alpha value is -3.73. The fourth-order valence-electron chi connectivity index (χ4n) is 5.09. The van der Waals surface area contributed by atoms with E-state index >= 15 is 0 Å². The van der Waals surface area contributed by atoms with E-state index in [2.05, 4.69) is 36.2 Å². The van der Waals surface area contributed by atoms with Crippen molar-refractivity contribution >= 4 is 61.3 Å². The van der Waals surface area contributed by atoms with E-state index in [1.807, 2.05) is 30.5 Å². The number of nitrogen functional groups attached to an aromatic ring is 1. The summed E-state index contributed by atoms with van der Waals surface area (Å²) in [6.45, 7) is 3.92. The summed E-state index contributed by atoms with van der Waals surface area (Å²) in [5.41, 5.74) is 8.55. The Morgan fingerprint density at radius 3 is 2.81 bits per heavy atom. The van der Waals surface area contributed by atoms with Gasteiger partial charge in [-0.3, -0.25) is 9.59 Å². The molecule has 0 radical (unpaired) electrons. The van der Waals surface area contributed by atoms with E-state index in [9.17, 15) is 9.59 Å². The van der Waals surface area contributed by atoms with E-state index < -0.39 is 6.04 Å². The van der Waals surface area contributed by atoms with Crippen molar-refractivity contribution in [3.63, 3.8) is 0 Å². The zero-order valence-electron chi connectivity index (χ0n) is 20.2. The number of aryl methyl sites for hydroxylation is 1. The summed E-state index contributed by atoms with van der Waals surface area (Å²) >= 11 is 3.32. The lowest BCUT2D eigenvalue weighted by Gasteiger charge is -2.28. The number of halogens is 1. The average Bonchev–Trinajstić information content (AvgIpc) is 3.38. The van der Waals surface area contributed by atoms with Gasteiger partial charge in [0.1, 0.15) is 46.5 Å². The van der Waals surface area contributed by atoms with Crippen molar-refractivity contribution in [2.45, 2.75) is 45.3 Å². The molecule has 0 bridgehead atoms. The molecular formula is C25H26BrN7O3. The largest absolute Gasteiger partial charge is 0.497 e. The molecular weight excluding hydrogens is 526 g/mol. The van der Waals surface area contributed by atoms with Gasteiger partial charge in [-0.05, 0) is 72.4 Å². The number of rotatable bonds is 5. The van der Waals surface area contributed by atoms with E-state index in [0.717, 1.165) is 22.9 Å². The van der Waals surface area contributed by atoms with Crippen LogP contribution in [0.5, 0.6) is 5.75 Å². The van der Waals surface area contributed by atoms with Crippen molar-refractivity contribution in [3.8, 4) is 5.75 Å². The van der Waals surface area contributed by atoms with Gasteiger partial charge in [0, 0.05) is 11.4 Å². The predicted molar refractivity (Wildman–Crippen MR) is 141 cm³/mol. The van der Waals surface area contributed by atoms with Gasteiger partial charge in [0.2, 0.25) is 11.8 Å². The van der Waals surface area contributed by atoms with Crippen LogP contribution in [-0.2, 0) is 16.1 Å². The van der Waals surface area contributed by atoms with Gasteiger partial charge < -0.3 is 25.3 Å². The Morgan fingerprint density at radius 1 is 1.25 bits per heavy atom. The maximum atomic E-state index is 13.8. The first-order valence-corrected chi connectivity index (χ1v) is 12.4. The lowest BCUT2D eigenvalue weighted by atomic mass is 10.1.